The molecule has 21 heavy (non-hydrogen) atoms. The predicted octanol–water partition coefficient (Wildman–Crippen LogP) is 0.225. The van der Waals surface area contributed by atoms with Crippen LogP contribution in [0, 0.1) is 0 Å². The van der Waals surface area contributed by atoms with Gasteiger partial charge in [-0.05, 0) is 30.5 Å². The average Bonchev–Trinajstić information content (AvgIpc) is 3.22. The molecule has 0 aromatic heterocycles. The summed E-state index contributed by atoms with van der Waals surface area (Å²) in [6, 6.07) is 7.82. The summed E-state index contributed by atoms with van der Waals surface area (Å²) in [6.45, 7) is 1.22. The van der Waals surface area contributed by atoms with Crippen molar-refractivity contribution in [3.8, 4) is 0 Å². The predicted molar refractivity (Wildman–Crippen MR) is 81.1 cm³/mol. The lowest BCUT2D eigenvalue weighted by Crippen LogP contribution is -2.36. The first-order valence-electron chi connectivity index (χ1n) is 7.17. The highest BCUT2D eigenvalue weighted by Gasteiger charge is 2.23. The number of hydrogen-bond acceptors (Lipinski definition) is 4. The molecule has 0 spiro atoms. The number of carbonyl (C=O) groups excluding carboxylic acids is 2. The van der Waals surface area contributed by atoms with E-state index in [1.165, 1.54) is 0 Å². The maximum atomic E-state index is 11.7. The number of rotatable bonds is 8. The Morgan fingerprint density at radius 1 is 1.24 bits per heavy atom. The molecule has 0 bridgehead atoms. The van der Waals surface area contributed by atoms with Crippen LogP contribution in [0.2, 0.25) is 0 Å². The van der Waals surface area contributed by atoms with Crippen LogP contribution in [-0.2, 0) is 16.1 Å². The molecule has 0 atom stereocenters. The first-order chi connectivity index (χ1) is 10.0. The Hall–Kier alpha value is -2.08. The van der Waals surface area contributed by atoms with Crippen LogP contribution >= 0.6 is 0 Å². The van der Waals surface area contributed by atoms with Crippen molar-refractivity contribution in [2.24, 2.45) is 5.73 Å². The number of nitrogens with one attached hydrogen (secondary N) is 1. The summed E-state index contributed by atoms with van der Waals surface area (Å²) in [4.78, 5) is 24.7. The molecule has 2 amide bonds. The number of benzene rings is 1. The summed E-state index contributed by atoms with van der Waals surface area (Å²) in [7, 11) is 0. The van der Waals surface area contributed by atoms with Gasteiger partial charge in [-0.3, -0.25) is 14.5 Å². The van der Waals surface area contributed by atoms with Gasteiger partial charge in [0.2, 0.25) is 11.8 Å². The average molecular weight is 290 g/mol. The molecule has 0 heterocycles. The SMILES string of the molecule is NC(=O)CN(CCC(=O)NC1CC1)Cc1ccc(N)cc1. The molecule has 0 aliphatic heterocycles. The van der Waals surface area contributed by atoms with Crippen molar-refractivity contribution >= 4 is 17.5 Å². The zero-order chi connectivity index (χ0) is 15.2. The maximum Gasteiger partial charge on any atom is 0.231 e. The Kier molecular flexibility index (Phi) is 5.16. The largest absolute Gasteiger partial charge is 0.399 e. The van der Waals surface area contributed by atoms with Gasteiger partial charge in [0.1, 0.15) is 0 Å². The molecule has 1 aromatic rings. The Bertz CT molecular complexity index is 497. The van der Waals surface area contributed by atoms with E-state index in [1.807, 2.05) is 29.2 Å². The fraction of sp³-hybridized carbons (Fsp3) is 0.467. The lowest BCUT2D eigenvalue weighted by molar-refractivity contribution is -0.123. The van der Waals surface area contributed by atoms with Gasteiger partial charge >= 0.3 is 0 Å². The molecule has 0 radical (unpaired) electrons. The Labute approximate surface area is 124 Å². The number of anilines is 1. The maximum absolute atomic E-state index is 11.7. The fourth-order valence-electron chi connectivity index (χ4n) is 2.10. The molecule has 5 N–H and O–H groups in total. The second kappa shape index (κ2) is 7.08. The molecular formula is C15H22N4O2. The third-order valence-electron chi connectivity index (χ3n) is 3.36. The summed E-state index contributed by atoms with van der Waals surface area (Å²) < 4.78 is 0. The zero-order valence-electron chi connectivity index (χ0n) is 12.0. The number of amides is 2. The van der Waals surface area contributed by atoms with Crippen molar-refractivity contribution in [3.05, 3.63) is 29.8 Å². The zero-order valence-corrected chi connectivity index (χ0v) is 12.0. The van der Waals surface area contributed by atoms with Gasteiger partial charge in [0, 0.05) is 31.2 Å². The molecule has 6 nitrogen and oxygen atoms in total. The quantitative estimate of drug-likeness (QED) is 0.596. The van der Waals surface area contributed by atoms with E-state index < -0.39 is 5.91 Å². The molecule has 114 valence electrons. The molecule has 1 saturated carbocycles. The van der Waals surface area contributed by atoms with E-state index in [2.05, 4.69) is 5.32 Å². The molecule has 1 fully saturated rings. The van der Waals surface area contributed by atoms with E-state index in [0.29, 0.717) is 31.2 Å². The molecule has 1 aromatic carbocycles. The minimum absolute atomic E-state index is 0.0317. The smallest absolute Gasteiger partial charge is 0.231 e. The first kappa shape index (κ1) is 15.3. The van der Waals surface area contributed by atoms with E-state index in [1.54, 1.807) is 0 Å². The number of nitrogen functional groups attached to an aromatic ring is 1. The van der Waals surface area contributed by atoms with Gasteiger partial charge in [-0.1, -0.05) is 12.1 Å². The Balaban J connectivity index is 1.85. The van der Waals surface area contributed by atoms with Crippen molar-refractivity contribution in [1.82, 2.24) is 10.2 Å². The van der Waals surface area contributed by atoms with E-state index in [-0.39, 0.29) is 12.5 Å². The highest BCUT2D eigenvalue weighted by atomic mass is 16.2. The number of nitrogens with zero attached hydrogens (tertiary/aromatic N) is 1. The van der Waals surface area contributed by atoms with Crippen molar-refractivity contribution in [2.75, 3.05) is 18.8 Å². The number of carbonyl (C=O) groups is 2. The van der Waals surface area contributed by atoms with Gasteiger partial charge in [0.15, 0.2) is 0 Å². The third kappa shape index (κ3) is 5.83. The van der Waals surface area contributed by atoms with E-state index in [0.717, 1.165) is 18.4 Å². The van der Waals surface area contributed by atoms with E-state index in [9.17, 15) is 9.59 Å². The molecule has 0 saturated heterocycles. The monoisotopic (exact) mass is 290 g/mol. The summed E-state index contributed by atoms with van der Waals surface area (Å²) in [6.07, 6.45) is 2.52. The summed E-state index contributed by atoms with van der Waals surface area (Å²) >= 11 is 0. The normalized spacial score (nSPS) is 14.1. The van der Waals surface area contributed by atoms with Gasteiger partial charge in [-0.2, -0.15) is 0 Å². The Morgan fingerprint density at radius 2 is 1.90 bits per heavy atom. The van der Waals surface area contributed by atoms with Crippen LogP contribution in [0.5, 0.6) is 0 Å². The van der Waals surface area contributed by atoms with Crippen molar-refractivity contribution in [2.45, 2.75) is 31.8 Å². The fourth-order valence-corrected chi connectivity index (χ4v) is 2.10. The number of hydrogen-bond donors (Lipinski definition) is 3. The molecule has 6 heteroatoms. The van der Waals surface area contributed by atoms with Crippen LogP contribution in [0.3, 0.4) is 0 Å². The van der Waals surface area contributed by atoms with E-state index in [4.69, 9.17) is 11.5 Å². The molecule has 1 aliphatic rings. The lowest BCUT2D eigenvalue weighted by Gasteiger charge is -2.20. The molecule has 0 unspecified atom stereocenters. The van der Waals surface area contributed by atoms with Crippen molar-refractivity contribution in [1.29, 1.82) is 0 Å². The Morgan fingerprint density at radius 3 is 2.48 bits per heavy atom. The standard InChI is InChI=1S/C15H22N4O2/c16-12-3-1-11(2-4-12)9-19(10-14(17)20)8-7-15(21)18-13-5-6-13/h1-4,13H,5-10,16H2,(H2,17,20)(H,18,21). The first-order valence-corrected chi connectivity index (χ1v) is 7.17. The molecule has 1 aliphatic carbocycles. The third-order valence-corrected chi connectivity index (χ3v) is 3.36. The summed E-state index contributed by atoms with van der Waals surface area (Å²) in [5, 5.41) is 2.94. The van der Waals surface area contributed by atoms with E-state index >= 15 is 0 Å². The highest BCUT2D eigenvalue weighted by Crippen LogP contribution is 2.18. The second-order valence-corrected chi connectivity index (χ2v) is 5.51. The van der Waals surface area contributed by atoms with Crippen LogP contribution in [-0.4, -0.2) is 35.8 Å². The van der Waals surface area contributed by atoms with Crippen LogP contribution in [0.25, 0.3) is 0 Å². The van der Waals surface area contributed by atoms with Crippen molar-refractivity contribution < 1.29 is 9.59 Å². The molecule has 2 rings (SSSR count). The van der Waals surface area contributed by atoms with Gasteiger partial charge in [-0.25, -0.2) is 0 Å². The second-order valence-electron chi connectivity index (χ2n) is 5.51. The minimum Gasteiger partial charge on any atom is -0.399 e. The van der Waals surface area contributed by atoms with Gasteiger partial charge in [0.05, 0.1) is 6.54 Å². The summed E-state index contributed by atoms with van der Waals surface area (Å²) in [5.41, 5.74) is 12.6. The number of nitrogens with two attached hydrogens (primary N) is 2. The van der Waals surface area contributed by atoms with Crippen molar-refractivity contribution in [3.63, 3.8) is 0 Å². The van der Waals surface area contributed by atoms with Gasteiger partial charge in [0.25, 0.3) is 0 Å². The lowest BCUT2D eigenvalue weighted by atomic mass is 10.2. The van der Waals surface area contributed by atoms with Gasteiger partial charge in [-0.15, -0.1) is 0 Å². The van der Waals surface area contributed by atoms with Crippen LogP contribution in [0.1, 0.15) is 24.8 Å². The van der Waals surface area contributed by atoms with Crippen LogP contribution in [0.4, 0.5) is 5.69 Å². The summed E-state index contributed by atoms with van der Waals surface area (Å²) in [5.74, 6) is -0.364. The van der Waals surface area contributed by atoms with Crippen LogP contribution in [0.15, 0.2) is 24.3 Å². The molecular weight excluding hydrogens is 268 g/mol. The van der Waals surface area contributed by atoms with Crippen LogP contribution < -0.4 is 16.8 Å². The highest BCUT2D eigenvalue weighted by molar-refractivity contribution is 5.77. The number of primary amides is 1. The minimum atomic E-state index is -0.395. The topological polar surface area (TPSA) is 101 Å². The van der Waals surface area contributed by atoms with Gasteiger partial charge < -0.3 is 16.8 Å².